The molecule has 0 bridgehead atoms. The summed E-state index contributed by atoms with van der Waals surface area (Å²) in [4.78, 5) is 0. The van der Waals surface area contributed by atoms with Crippen molar-refractivity contribution in [2.75, 3.05) is 13.2 Å². The molecule has 2 nitrogen and oxygen atoms in total. The van der Waals surface area contributed by atoms with Gasteiger partial charge < -0.3 is 8.66 Å². The molecule has 0 radical (unpaired) electrons. The van der Waals surface area contributed by atoms with Crippen LogP contribution in [-0.2, 0) is 4.43 Å². The highest BCUT2D eigenvalue weighted by Gasteiger charge is 2.33. The quantitative estimate of drug-likeness (QED) is 0.517. The summed E-state index contributed by atoms with van der Waals surface area (Å²) >= 11 is 5.22. The predicted octanol–water partition coefficient (Wildman–Crippen LogP) is 4.02. The van der Waals surface area contributed by atoms with Crippen molar-refractivity contribution in [2.45, 2.75) is 66.0 Å². The van der Waals surface area contributed by atoms with E-state index in [4.69, 9.17) is 15.5 Å². The molecule has 0 spiro atoms. The molecule has 0 unspecified atom stereocenters. The number of rotatable bonds is 7. The number of nitrogens with zero attached hydrogens (tertiary/aromatic N) is 1. The van der Waals surface area contributed by atoms with E-state index in [0.29, 0.717) is 0 Å². The molecule has 0 aromatic rings. The molecule has 0 aromatic carbocycles. The zero-order valence-electron chi connectivity index (χ0n) is 13.8. The Morgan fingerprint density at radius 2 is 1.44 bits per heavy atom. The Bertz CT molecular complexity index is 177. The first kappa shape index (κ1) is 21.2. The summed E-state index contributed by atoms with van der Waals surface area (Å²) in [7, 11) is -2.74. The molecular weight excluding hydrogens is 294 g/mol. The van der Waals surface area contributed by atoms with Crippen LogP contribution in [0.3, 0.4) is 0 Å². The van der Waals surface area contributed by atoms with Crippen LogP contribution in [0, 0.1) is 0 Å². The maximum Gasteiger partial charge on any atom is 0.258 e. The molecule has 6 heteroatoms. The summed E-state index contributed by atoms with van der Waals surface area (Å²) in [5, 5.41) is 0. The predicted molar refractivity (Wildman–Crippen MR) is 94.3 cm³/mol. The molecule has 0 N–H and O–H groups in total. The van der Waals surface area contributed by atoms with Crippen molar-refractivity contribution in [1.82, 2.24) is 4.23 Å². The van der Waals surface area contributed by atoms with Gasteiger partial charge in [0.1, 0.15) is 16.5 Å². The van der Waals surface area contributed by atoms with Gasteiger partial charge in [-0.3, -0.25) is 0 Å². The number of hydrogen-bond donors (Lipinski definition) is 0. The lowest BCUT2D eigenvalue weighted by Crippen LogP contribution is -2.59. The van der Waals surface area contributed by atoms with Crippen LogP contribution in [0.4, 0.5) is 0 Å². The molecule has 0 saturated heterocycles. The van der Waals surface area contributed by atoms with Gasteiger partial charge in [-0.2, -0.15) is 0 Å². The molecule has 0 aliphatic carbocycles. The molecular formula is C12H34ClNOSi3. The van der Waals surface area contributed by atoms with E-state index in [1.807, 2.05) is 6.92 Å². The molecule has 112 valence electrons. The highest BCUT2D eigenvalue weighted by Crippen LogP contribution is 2.19. The second kappa shape index (κ2) is 10.6. The minimum atomic E-state index is -1.06. The minimum absolute atomic E-state index is 0.614. The van der Waals surface area contributed by atoms with Crippen molar-refractivity contribution < 1.29 is 4.43 Å². The van der Waals surface area contributed by atoms with Crippen LogP contribution in [0.15, 0.2) is 0 Å². The summed E-state index contributed by atoms with van der Waals surface area (Å²) in [5.41, 5.74) is 0. The first-order valence-electron chi connectivity index (χ1n) is 7.02. The Balaban J connectivity index is 0. The third-order valence-electron chi connectivity index (χ3n) is 2.64. The van der Waals surface area contributed by atoms with Crippen LogP contribution >= 0.6 is 11.1 Å². The van der Waals surface area contributed by atoms with E-state index in [1.54, 1.807) is 0 Å². The summed E-state index contributed by atoms with van der Waals surface area (Å²) < 4.78 is 7.60. The second-order valence-electron chi connectivity index (χ2n) is 6.45. The SMILES string of the molecule is CCCCN([Si](C)(C)C)[Si](C)(C)C.CCO[SiH2]Cl. The lowest BCUT2D eigenvalue weighted by Gasteiger charge is -2.43. The lowest BCUT2D eigenvalue weighted by atomic mass is 10.3. The van der Waals surface area contributed by atoms with Crippen LogP contribution in [0.5, 0.6) is 0 Å². The topological polar surface area (TPSA) is 12.5 Å². The number of halogens is 1. The average molecular weight is 328 g/mol. The van der Waals surface area contributed by atoms with E-state index in [1.165, 1.54) is 19.4 Å². The van der Waals surface area contributed by atoms with Crippen LogP contribution in [0.25, 0.3) is 0 Å². The van der Waals surface area contributed by atoms with Crippen molar-refractivity contribution in [2.24, 2.45) is 0 Å². The fourth-order valence-corrected chi connectivity index (χ4v) is 12.4. The Morgan fingerprint density at radius 3 is 1.61 bits per heavy atom. The summed E-state index contributed by atoms with van der Waals surface area (Å²) in [6.45, 7) is 21.2. The van der Waals surface area contributed by atoms with Crippen molar-refractivity contribution in [3.05, 3.63) is 0 Å². The van der Waals surface area contributed by atoms with Crippen LogP contribution in [0.1, 0.15) is 26.7 Å². The fraction of sp³-hybridized carbons (Fsp3) is 1.00. The number of hydrogen-bond acceptors (Lipinski definition) is 2. The van der Waals surface area contributed by atoms with E-state index in [-0.39, 0.29) is 0 Å². The Hall–Kier alpha value is 0.861. The van der Waals surface area contributed by atoms with Crippen molar-refractivity contribution in [3.8, 4) is 0 Å². The third kappa shape index (κ3) is 11.9. The maximum absolute atomic E-state index is 5.22. The minimum Gasteiger partial charge on any atom is -0.408 e. The molecule has 0 aromatic heterocycles. The van der Waals surface area contributed by atoms with Crippen molar-refractivity contribution in [1.29, 1.82) is 0 Å². The van der Waals surface area contributed by atoms with E-state index in [2.05, 4.69) is 50.4 Å². The molecule has 0 rings (SSSR count). The van der Waals surface area contributed by atoms with Gasteiger partial charge in [-0.05, 0) is 19.9 Å². The monoisotopic (exact) mass is 327 g/mol. The summed E-state index contributed by atoms with van der Waals surface area (Å²) in [5.74, 6) is 0. The Labute approximate surface area is 124 Å². The van der Waals surface area contributed by atoms with Gasteiger partial charge in [-0.25, -0.2) is 0 Å². The largest absolute Gasteiger partial charge is 0.408 e. The summed E-state index contributed by atoms with van der Waals surface area (Å²) in [6.07, 6.45) is 2.69. The van der Waals surface area contributed by atoms with E-state index in [0.717, 1.165) is 6.61 Å². The molecule has 0 aliphatic rings. The van der Waals surface area contributed by atoms with E-state index < -0.39 is 25.5 Å². The zero-order valence-corrected chi connectivity index (χ0v) is 17.9. The lowest BCUT2D eigenvalue weighted by molar-refractivity contribution is 0.371. The summed E-state index contributed by atoms with van der Waals surface area (Å²) in [6, 6.07) is 0. The highest BCUT2D eigenvalue weighted by atomic mass is 35.6. The molecule has 0 fully saturated rings. The van der Waals surface area contributed by atoms with Crippen molar-refractivity contribution >= 4 is 36.6 Å². The van der Waals surface area contributed by atoms with Gasteiger partial charge in [0, 0.05) is 6.61 Å². The molecule has 0 saturated carbocycles. The molecule has 0 atom stereocenters. The highest BCUT2D eigenvalue weighted by molar-refractivity contribution is 6.90. The van der Waals surface area contributed by atoms with E-state index in [9.17, 15) is 0 Å². The number of unbranched alkanes of at least 4 members (excludes halogenated alkanes) is 1. The van der Waals surface area contributed by atoms with Crippen molar-refractivity contribution in [3.63, 3.8) is 0 Å². The van der Waals surface area contributed by atoms with Gasteiger partial charge in [0.2, 0.25) is 0 Å². The smallest absolute Gasteiger partial charge is 0.258 e. The maximum atomic E-state index is 5.22. The average Bonchev–Trinajstić information content (AvgIpc) is 2.16. The first-order valence-corrected chi connectivity index (χ1v) is 16.6. The fourth-order valence-electron chi connectivity index (χ4n) is 2.07. The van der Waals surface area contributed by atoms with Gasteiger partial charge >= 0.3 is 0 Å². The Morgan fingerprint density at radius 1 is 1.00 bits per heavy atom. The normalized spacial score (nSPS) is 13.0. The molecule has 0 amide bonds. The van der Waals surface area contributed by atoms with Crippen LogP contribution < -0.4 is 0 Å². The third-order valence-corrected chi connectivity index (χ3v) is 11.4. The van der Waals surface area contributed by atoms with Crippen LogP contribution in [-0.4, -0.2) is 42.9 Å². The Kier molecular flexibility index (Phi) is 12.5. The van der Waals surface area contributed by atoms with Gasteiger partial charge in [0.15, 0.2) is 0 Å². The van der Waals surface area contributed by atoms with Gasteiger partial charge in [0.05, 0.1) is 0 Å². The van der Waals surface area contributed by atoms with Gasteiger partial charge in [-0.1, -0.05) is 52.6 Å². The van der Waals surface area contributed by atoms with Gasteiger partial charge in [0.25, 0.3) is 9.07 Å². The van der Waals surface area contributed by atoms with E-state index >= 15 is 0 Å². The molecule has 0 aliphatic heterocycles. The zero-order chi connectivity index (χ0) is 14.8. The first-order chi connectivity index (χ1) is 8.11. The second-order valence-corrected chi connectivity index (χ2v) is 17.9. The molecule has 0 heterocycles. The van der Waals surface area contributed by atoms with Gasteiger partial charge in [-0.15, -0.1) is 11.1 Å². The van der Waals surface area contributed by atoms with Crippen LogP contribution in [0.2, 0.25) is 39.3 Å². The molecule has 18 heavy (non-hydrogen) atoms. The standard InChI is InChI=1S/C10H27NSi2.C2H7ClOSi/c1-8-9-10-11(12(2,3)4)13(5,6)7;1-2-4-5-3/h8-10H2,1-7H3;2,5H2,1H3.